The molecule has 33 heavy (non-hydrogen) atoms. The summed E-state index contributed by atoms with van der Waals surface area (Å²) in [6.07, 6.45) is 8.53. The SMILES string of the molecule is CNc1ncc(C#Cc2ccc(-n3c(=O)ccn3C)cn2)c2cc(NC(=O)C3CC3)ncc12. The van der Waals surface area contributed by atoms with Gasteiger partial charge in [0.25, 0.3) is 5.56 Å². The first-order valence-electron chi connectivity index (χ1n) is 10.5. The molecule has 5 rings (SSSR count). The first-order valence-corrected chi connectivity index (χ1v) is 10.5. The maximum Gasteiger partial charge on any atom is 0.271 e. The number of carbonyl (C=O) groups excluding carboxylic acids is 1. The lowest BCUT2D eigenvalue weighted by Gasteiger charge is -2.09. The molecule has 1 aliphatic carbocycles. The van der Waals surface area contributed by atoms with E-state index in [4.69, 9.17) is 0 Å². The van der Waals surface area contributed by atoms with Crippen LogP contribution in [0.5, 0.6) is 0 Å². The minimum atomic E-state index is -0.126. The third kappa shape index (κ3) is 4.06. The number of hydrogen-bond donors (Lipinski definition) is 2. The zero-order valence-electron chi connectivity index (χ0n) is 18.2. The third-order valence-corrected chi connectivity index (χ3v) is 5.48. The van der Waals surface area contributed by atoms with Crippen molar-refractivity contribution in [3.63, 3.8) is 0 Å². The molecule has 4 aromatic heterocycles. The number of fused-ring (bicyclic) bond motifs is 1. The lowest BCUT2D eigenvalue weighted by atomic mass is 10.1. The van der Waals surface area contributed by atoms with E-state index in [0.717, 1.165) is 23.6 Å². The molecule has 9 nitrogen and oxygen atoms in total. The number of anilines is 2. The Morgan fingerprint density at radius 2 is 1.91 bits per heavy atom. The topological polar surface area (TPSA) is 107 Å². The molecular weight excluding hydrogens is 418 g/mol. The molecule has 1 saturated carbocycles. The van der Waals surface area contributed by atoms with Crippen LogP contribution in [-0.4, -0.2) is 37.3 Å². The highest BCUT2D eigenvalue weighted by atomic mass is 16.2. The third-order valence-electron chi connectivity index (χ3n) is 5.48. The summed E-state index contributed by atoms with van der Waals surface area (Å²) in [7, 11) is 3.58. The van der Waals surface area contributed by atoms with Gasteiger partial charge < -0.3 is 10.6 Å². The smallest absolute Gasteiger partial charge is 0.271 e. The minimum Gasteiger partial charge on any atom is -0.373 e. The fourth-order valence-corrected chi connectivity index (χ4v) is 3.57. The number of nitrogens with one attached hydrogen (secondary N) is 2. The number of rotatable bonds is 4. The summed E-state index contributed by atoms with van der Waals surface area (Å²) in [5.74, 6) is 7.45. The number of pyridine rings is 3. The number of aryl methyl sites for hydroxylation is 1. The van der Waals surface area contributed by atoms with Crippen LogP contribution in [0.15, 0.2) is 53.8 Å². The summed E-state index contributed by atoms with van der Waals surface area (Å²) in [5.41, 5.74) is 1.78. The van der Waals surface area contributed by atoms with Crippen LogP contribution in [0, 0.1) is 17.8 Å². The second kappa shape index (κ2) is 8.24. The molecule has 2 N–H and O–H groups in total. The molecular formula is C24H21N7O2. The maximum atomic E-state index is 12.1. The highest BCUT2D eigenvalue weighted by Gasteiger charge is 2.29. The van der Waals surface area contributed by atoms with E-state index in [9.17, 15) is 9.59 Å². The van der Waals surface area contributed by atoms with Crippen LogP contribution in [-0.2, 0) is 11.8 Å². The van der Waals surface area contributed by atoms with Crippen molar-refractivity contribution in [1.29, 1.82) is 0 Å². The fourth-order valence-electron chi connectivity index (χ4n) is 3.57. The molecule has 0 bridgehead atoms. The summed E-state index contributed by atoms with van der Waals surface area (Å²) in [5, 5.41) is 7.58. The van der Waals surface area contributed by atoms with Gasteiger partial charge in [0, 0.05) is 55.4 Å². The zero-order valence-corrected chi connectivity index (χ0v) is 18.2. The lowest BCUT2D eigenvalue weighted by molar-refractivity contribution is -0.117. The van der Waals surface area contributed by atoms with Crippen LogP contribution in [0.4, 0.5) is 11.6 Å². The van der Waals surface area contributed by atoms with E-state index in [0.29, 0.717) is 28.6 Å². The monoisotopic (exact) mass is 439 g/mol. The van der Waals surface area contributed by atoms with Gasteiger partial charge in [-0.3, -0.25) is 14.3 Å². The Bertz CT molecular complexity index is 1490. The van der Waals surface area contributed by atoms with Gasteiger partial charge in [-0.1, -0.05) is 5.92 Å². The quantitative estimate of drug-likeness (QED) is 0.473. The highest BCUT2D eigenvalue weighted by molar-refractivity contribution is 5.99. The number of nitrogens with zero attached hydrogens (tertiary/aromatic N) is 5. The second-order valence-electron chi connectivity index (χ2n) is 7.84. The molecule has 4 aromatic rings. The molecule has 164 valence electrons. The maximum absolute atomic E-state index is 12.1. The largest absolute Gasteiger partial charge is 0.373 e. The van der Waals surface area contributed by atoms with Crippen molar-refractivity contribution in [2.45, 2.75) is 12.8 Å². The van der Waals surface area contributed by atoms with Crippen LogP contribution < -0.4 is 16.2 Å². The van der Waals surface area contributed by atoms with Crippen molar-refractivity contribution in [3.8, 4) is 17.5 Å². The summed E-state index contributed by atoms with van der Waals surface area (Å²) in [6.45, 7) is 0. The van der Waals surface area contributed by atoms with E-state index in [-0.39, 0.29) is 17.4 Å². The number of carbonyl (C=O) groups is 1. The molecule has 1 aliphatic rings. The van der Waals surface area contributed by atoms with Crippen molar-refractivity contribution in [1.82, 2.24) is 24.3 Å². The van der Waals surface area contributed by atoms with E-state index in [1.165, 1.54) is 10.7 Å². The fraction of sp³-hybridized carbons (Fsp3) is 0.208. The van der Waals surface area contributed by atoms with Crippen molar-refractivity contribution in [2.75, 3.05) is 17.7 Å². The molecule has 0 radical (unpaired) electrons. The van der Waals surface area contributed by atoms with Gasteiger partial charge in [0.15, 0.2) is 0 Å². The van der Waals surface area contributed by atoms with Gasteiger partial charge in [0.05, 0.1) is 17.4 Å². The first-order chi connectivity index (χ1) is 16.0. The van der Waals surface area contributed by atoms with Gasteiger partial charge in [-0.15, -0.1) is 0 Å². The van der Waals surface area contributed by atoms with Crippen LogP contribution in [0.2, 0.25) is 0 Å². The van der Waals surface area contributed by atoms with Crippen LogP contribution in [0.1, 0.15) is 24.1 Å². The van der Waals surface area contributed by atoms with Gasteiger partial charge in [0.1, 0.15) is 17.3 Å². The van der Waals surface area contributed by atoms with E-state index in [1.54, 1.807) is 55.7 Å². The van der Waals surface area contributed by atoms with E-state index < -0.39 is 0 Å². The molecule has 0 atom stereocenters. The van der Waals surface area contributed by atoms with Crippen LogP contribution >= 0.6 is 0 Å². The highest BCUT2D eigenvalue weighted by Crippen LogP contribution is 2.31. The Labute approximate surface area is 189 Å². The van der Waals surface area contributed by atoms with Gasteiger partial charge in [0.2, 0.25) is 5.91 Å². The van der Waals surface area contributed by atoms with Crippen molar-refractivity contribution >= 4 is 28.3 Å². The summed E-state index contributed by atoms with van der Waals surface area (Å²) < 4.78 is 3.21. The molecule has 0 aliphatic heterocycles. The standard InChI is InChI=1S/C24H21N7O2/c1-25-23-20-14-27-21(29-24(33)15-3-4-15)11-19(20)16(12-28-23)5-6-17-7-8-18(13-26-17)31-22(32)9-10-30(31)2/h7-15H,3-4H2,1-2H3,(H,25,28)(H,27,29,33). The number of amides is 1. The van der Waals surface area contributed by atoms with Crippen molar-refractivity contribution in [3.05, 3.63) is 70.7 Å². The molecule has 0 spiro atoms. The minimum absolute atomic E-state index is 0.000927. The molecule has 4 heterocycles. The second-order valence-corrected chi connectivity index (χ2v) is 7.84. The summed E-state index contributed by atoms with van der Waals surface area (Å²) in [6, 6.07) is 6.88. The Hall–Kier alpha value is -4.45. The van der Waals surface area contributed by atoms with Gasteiger partial charge >= 0.3 is 0 Å². The van der Waals surface area contributed by atoms with Crippen molar-refractivity contribution in [2.24, 2.45) is 13.0 Å². The molecule has 1 amide bonds. The van der Waals surface area contributed by atoms with Crippen LogP contribution in [0.3, 0.4) is 0 Å². The first kappa shape index (κ1) is 20.5. The Balaban J connectivity index is 1.48. The summed E-state index contributed by atoms with van der Waals surface area (Å²) in [4.78, 5) is 37.3. The average Bonchev–Trinajstić information content (AvgIpc) is 3.63. The Morgan fingerprint density at radius 1 is 1.06 bits per heavy atom. The zero-order chi connectivity index (χ0) is 22.9. The molecule has 9 heteroatoms. The van der Waals surface area contributed by atoms with Gasteiger partial charge in [-0.2, -0.15) is 0 Å². The lowest BCUT2D eigenvalue weighted by Crippen LogP contribution is -2.18. The van der Waals surface area contributed by atoms with E-state index >= 15 is 0 Å². The average molecular weight is 439 g/mol. The number of hydrogen-bond acceptors (Lipinski definition) is 6. The number of aromatic nitrogens is 5. The van der Waals surface area contributed by atoms with Gasteiger partial charge in [-0.25, -0.2) is 19.6 Å². The molecule has 1 fully saturated rings. The van der Waals surface area contributed by atoms with Crippen LogP contribution in [0.25, 0.3) is 16.5 Å². The van der Waals surface area contributed by atoms with Crippen molar-refractivity contribution < 1.29 is 4.79 Å². The predicted octanol–water partition coefficient (Wildman–Crippen LogP) is 2.30. The normalized spacial score (nSPS) is 12.8. The predicted molar refractivity (Wildman–Crippen MR) is 125 cm³/mol. The van der Waals surface area contributed by atoms with E-state index in [1.807, 2.05) is 6.07 Å². The molecule has 0 saturated heterocycles. The Morgan fingerprint density at radius 3 is 2.58 bits per heavy atom. The molecule has 0 aromatic carbocycles. The summed E-state index contributed by atoms with van der Waals surface area (Å²) >= 11 is 0. The Kier molecular flexibility index (Phi) is 5.11. The van der Waals surface area contributed by atoms with E-state index in [2.05, 4.69) is 37.4 Å². The molecule has 0 unspecified atom stereocenters. The van der Waals surface area contributed by atoms with Gasteiger partial charge in [-0.05, 0) is 37.0 Å².